The highest BCUT2D eigenvalue weighted by atomic mass is 16.7. The van der Waals surface area contributed by atoms with Crippen molar-refractivity contribution in [2.24, 2.45) is 0 Å². The van der Waals surface area contributed by atoms with Gasteiger partial charge in [0.05, 0.1) is 0 Å². The lowest BCUT2D eigenvalue weighted by Gasteiger charge is -2.45. The molecule has 28 heavy (non-hydrogen) atoms. The summed E-state index contributed by atoms with van der Waals surface area (Å²) in [5, 5.41) is 0. The molecule has 0 saturated carbocycles. The lowest BCUT2D eigenvalue weighted by molar-refractivity contribution is -0.314. The van der Waals surface area contributed by atoms with Crippen LogP contribution in [0.5, 0.6) is 0 Å². The van der Waals surface area contributed by atoms with Crippen LogP contribution in [0.4, 0.5) is 0 Å². The molecule has 1 rings (SSSR count). The Labute approximate surface area is 162 Å². The summed E-state index contributed by atoms with van der Waals surface area (Å²) in [6.07, 6.45) is -6.63. The number of rotatable bonds is 8. The van der Waals surface area contributed by atoms with E-state index in [2.05, 4.69) is 0 Å². The van der Waals surface area contributed by atoms with E-state index in [1.165, 1.54) is 41.9 Å². The summed E-state index contributed by atoms with van der Waals surface area (Å²) in [5.74, 6) is -2.57. The molecule has 0 bridgehead atoms. The first-order valence-electron chi connectivity index (χ1n) is 8.46. The minimum Gasteiger partial charge on any atom is -0.462 e. The van der Waals surface area contributed by atoms with Crippen molar-refractivity contribution in [1.29, 1.82) is 0 Å². The predicted molar refractivity (Wildman–Crippen MR) is 89.8 cm³/mol. The van der Waals surface area contributed by atoms with Gasteiger partial charge < -0.3 is 33.2 Å². The van der Waals surface area contributed by atoms with E-state index in [1.54, 1.807) is 0 Å². The number of carbonyl (C=O) groups excluding carboxylic acids is 4. The maximum atomic E-state index is 11.6. The van der Waals surface area contributed by atoms with Crippen LogP contribution in [-0.4, -0.2) is 81.5 Å². The van der Waals surface area contributed by atoms with E-state index in [9.17, 15) is 19.2 Å². The van der Waals surface area contributed by atoms with Crippen LogP contribution in [0.25, 0.3) is 0 Å². The van der Waals surface area contributed by atoms with Gasteiger partial charge in [0.25, 0.3) is 0 Å². The third-order valence-corrected chi connectivity index (χ3v) is 3.77. The largest absolute Gasteiger partial charge is 0.462 e. The Morgan fingerprint density at radius 1 is 0.786 bits per heavy atom. The van der Waals surface area contributed by atoms with Gasteiger partial charge in [0, 0.05) is 41.9 Å². The van der Waals surface area contributed by atoms with Gasteiger partial charge in [-0.25, -0.2) is 0 Å². The number of methoxy groups -OCH3 is 2. The molecule has 0 aliphatic carbocycles. The van der Waals surface area contributed by atoms with E-state index >= 15 is 0 Å². The van der Waals surface area contributed by atoms with E-state index in [4.69, 9.17) is 33.2 Å². The van der Waals surface area contributed by atoms with Gasteiger partial charge in [-0.1, -0.05) is 0 Å². The summed E-state index contributed by atoms with van der Waals surface area (Å²) in [7, 11) is 2.61. The smallest absolute Gasteiger partial charge is 0.303 e. The fourth-order valence-electron chi connectivity index (χ4n) is 2.84. The SMILES string of the molecule is CO[C@@H]1O[C@H]([C@@H](COC(C)=O)OC(C)=O)[C@@H](OC)[C@H](OC(C)=O)[C@H]1OC(C)=O. The molecule has 1 heterocycles. The zero-order valence-electron chi connectivity index (χ0n) is 16.7. The Hall–Kier alpha value is -2.24. The second-order valence-electron chi connectivity index (χ2n) is 6.00. The number of esters is 4. The Morgan fingerprint density at radius 2 is 1.36 bits per heavy atom. The molecule has 11 heteroatoms. The minimum atomic E-state index is -1.17. The Bertz CT molecular complexity index is 575. The van der Waals surface area contributed by atoms with Crippen molar-refractivity contribution >= 4 is 23.9 Å². The molecule has 0 aromatic rings. The van der Waals surface area contributed by atoms with Gasteiger partial charge in [0.1, 0.15) is 18.8 Å². The molecule has 0 aromatic heterocycles. The zero-order chi connectivity index (χ0) is 21.4. The van der Waals surface area contributed by atoms with Crippen molar-refractivity contribution in [2.45, 2.75) is 64.5 Å². The predicted octanol–water partition coefficient (Wildman–Crippen LogP) is -0.269. The van der Waals surface area contributed by atoms with Crippen molar-refractivity contribution in [2.75, 3.05) is 20.8 Å². The van der Waals surface area contributed by atoms with Gasteiger partial charge in [0.15, 0.2) is 24.6 Å². The van der Waals surface area contributed by atoms with E-state index in [-0.39, 0.29) is 6.61 Å². The third kappa shape index (κ3) is 6.73. The van der Waals surface area contributed by atoms with Crippen molar-refractivity contribution in [3.05, 3.63) is 0 Å². The van der Waals surface area contributed by atoms with Crippen LogP contribution < -0.4 is 0 Å². The molecule has 160 valence electrons. The third-order valence-electron chi connectivity index (χ3n) is 3.77. The summed E-state index contributed by atoms with van der Waals surface area (Å²) in [6.45, 7) is 4.38. The van der Waals surface area contributed by atoms with Gasteiger partial charge in [-0.15, -0.1) is 0 Å². The van der Waals surface area contributed by atoms with E-state index in [0.29, 0.717) is 0 Å². The summed E-state index contributed by atoms with van der Waals surface area (Å²) < 4.78 is 37.1. The lowest BCUT2D eigenvalue weighted by Crippen LogP contribution is -2.64. The quantitative estimate of drug-likeness (QED) is 0.389. The number of hydrogen-bond donors (Lipinski definition) is 0. The average Bonchev–Trinajstić information content (AvgIpc) is 2.58. The molecule has 0 unspecified atom stereocenters. The maximum absolute atomic E-state index is 11.6. The maximum Gasteiger partial charge on any atom is 0.303 e. The molecule has 1 saturated heterocycles. The molecular weight excluding hydrogens is 380 g/mol. The van der Waals surface area contributed by atoms with Crippen LogP contribution in [0, 0.1) is 0 Å². The van der Waals surface area contributed by atoms with Crippen molar-refractivity contribution in [3.8, 4) is 0 Å². The molecule has 1 fully saturated rings. The summed E-state index contributed by atoms with van der Waals surface area (Å²) >= 11 is 0. The van der Waals surface area contributed by atoms with Gasteiger partial charge in [-0.2, -0.15) is 0 Å². The van der Waals surface area contributed by atoms with Crippen LogP contribution in [0.1, 0.15) is 27.7 Å². The second kappa shape index (κ2) is 10.9. The van der Waals surface area contributed by atoms with Crippen LogP contribution in [0.15, 0.2) is 0 Å². The van der Waals surface area contributed by atoms with Gasteiger partial charge >= 0.3 is 23.9 Å². The molecule has 6 atom stereocenters. The number of hydrogen-bond acceptors (Lipinski definition) is 11. The fraction of sp³-hybridized carbons (Fsp3) is 0.765. The van der Waals surface area contributed by atoms with E-state index in [0.717, 1.165) is 0 Å². The second-order valence-corrected chi connectivity index (χ2v) is 6.00. The molecule has 1 aliphatic heterocycles. The first-order chi connectivity index (χ1) is 13.1. The molecule has 1 aliphatic rings. The van der Waals surface area contributed by atoms with Gasteiger partial charge in [-0.3, -0.25) is 19.2 Å². The van der Waals surface area contributed by atoms with Crippen LogP contribution >= 0.6 is 0 Å². The molecule has 0 N–H and O–H groups in total. The lowest BCUT2D eigenvalue weighted by atomic mass is 9.94. The van der Waals surface area contributed by atoms with Crippen LogP contribution in [0.2, 0.25) is 0 Å². The Balaban J connectivity index is 3.27. The molecule has 0 aromatic carbocycles. The van der Waals surface area contributed by atoms with Crippen LogP contribution in [-0.2, 0) is 52.3 Å². The molecule has 0 amide bonds. The standard InChI is InChI=1S/C17H26O11/c1-8(18)24-7-12(25-9(2)19)13-14(22-5)15(26-10(3)20)16(27-11(4)21)17(23-6)28-13/h12-17H,7H2,1-6H3/t12-,13-,14-,15+,16-,17-/m1/s1. The normalized spacial score (nSPS) is 28.0. The number of ether oxygens (including phenoxy) is 7. The minimum absolute atomic E-state index is 0.332. The van der Waals surface area contributed by atoms with Gasteiger partial charge in [0.2, 0.25) is 0 Å². The highest BCUT2D eigenvalue weighted by Gasteiger charge is 2.53. The topological polar surface area (TPSA) is 133 Å². The van der Waals surface area contributed by atoms with E-state index < -0.39 is 60.7 Å². The molecule has 11 nitrogen and oxygen atoms in total. The van der Waals surface area contributed by atoms with Crippen molar-refractivity contribution in [3.63, 3.8) is 0 Å². The Kier molecular flexibility index (Phi) is 9.29. The average molecular weight is 406 g/mol. The summed E-state index contributed by atoms with van der Waals surface area (Å²) in [5.41, 5.74) is 0. The van der Waals surface area contributed by atoms with Gasteiger partial charge in [-0.05, 0) is 0 Å². The summed E-state index contributed by atoms with van der Waals surface area (Å²) in [4.78, 5) is 45.8. The van der Waals surface area contributed by atoms with Crippen molar-refractivity contribution in [1.82, 2.24) is 0 Å². The monoisotopic (exact) mass is 406 g/mol. The number of carbonyl (C=O) groups is 4. The first kappa shape index (κ1) is 23.8. The summed E-state index contributed by atoms with van der Waals surface area (Å²) in [6, 6.07) is 0. The molecule has 0 radical (unpaired) electrons. The molecule has 0 spiro atoms. The highest BCUT2D eigenvalue weighted by Crippen LogP contribution is 2.31. The van der Waals surface area contributed by atoms with Crippen LogP contribution in [0.3, 0.4) is 0 Å². The Morgan fingerprint density at radius 3 is 1.79 bits per heavy atom. The zero-order valence-corrected chi connectivity index (χ0v) is 16.7. The first-order valence-corrected chi connectivity index (χ1v) is 8.46. The fourth-order valence-corrected chi connectivity index (χ4v) is 2.84. The highest BCUT2D eigenvalue weighted by molar-refractivity contribution is 5.68. The van der Waals surface area contributed by atoms with Crippen molar-refractivity contribution < 1.29 is 52.3 Å². The molecular formula is C17H26O11. The van der Waals surface area contributed by atoms with E-state index in [1.807, 2.05) is 0 Å².